The molecule has 5 rings (SSSR count). The molecule has 5 heteroatoms. The predicted octanol–water partition coefficient (Wildman–Crippen LogP) is 2.61. The summed E-state index contributed by atoms with van der Waals surface area (Å²) in [6, 6.07) is 0. The first-order valence-electron chi connectivity index (χ1n) is 10.5. The fourth-order valence-electron chi connectivity index (χ4n) is 7.14. The van der Waals surface area contributed by atoms with Crippen molar-refractivity contribution in [3.05, 3.63) is 23.3 Å². The second-order valence-electron chi connectivity index (χ2n) is 10.9. The minimum atomic E-state index is -1.71. The molecule has 3 fully saturated rings. The average molecular weight is 389 g/mol. The van der Waals surface area contributed by atoms with Crippen LogP contribution in [0.2, 0.25) is 0 Å². The van der Waals surface area contributed by atoms with E-state index in [-0.39, 0.29) is 29.0 Å². The molecule has 4 aliphatic carbocycles. The molecule has 5 nitrogen and oxygen atoms in total. The molecule has 2 saturated carbocycles. The molecule has 0 aromatic carbocycles. The number of allylic oxidation sites excluding steroid dienone is 1. The van der Waals surface area contributed by atoms with Crippen LogP contribution >= 0.6 is 0 Å². The first kappa shape index (κ1) is 19.0. The van der Waals surface area contributed by atoms with Gasteiger partial charge in [0.15, 0.2) is 11.6 Å². The second-order valence-corrected chi connectivity index (χ2v) is 10.9. The number of carbonyl (C=O) groups is 1. The third-order valence-electron chi connectivity index (χ3n) is 8.71. The lowest BCUT2D eigenvalue weighted by molar-refractivity contribution is -0.303. The zero-order chi connectivity index (χ0) is 20.4. The van der Waals surface area contributed by atoms with Crippen molar-refractivity contribution >= 4 is 5.78 Å². The lowest BCUT2D eigenvalue weighted by atomic mass is 9.59. The van der Waals surface area contributed by atoms with E-state index in [1.165, 1.54) is 0 Å². The lowest BCUT2D eigenvalue weighted by Crippen LogP contribution is -2.67. The number of ether oxygens (including phenoxy) is 2. The number of aliphatic hydroxyl groups excluding tert-OH is 1. The van der Waals surface area contributed by atoms with E-state index in [1.807, 2.05) is 32.9 Å². The zero-order valence-electron chi connectivity index (χ0n) is 17.7. The van der Waals surface area contributed by atoms with Gasteiger partial charge in [-0.15, -0.1) is 0 Å². The maximum absolute atomic E-state index is 14.1. The number of aliphatic hydroxyl groups is 2. The van der Waals surface area contributed by atoms with Crippen molar-refractivity contribution < 1.29 is 24.5 Å². The Kier molecular flexibility index (Phi) is 3.51. The van der Waals surface area contributed by atoms with Crippen LogP contribution in [0.15, 0.2) is 23.3 Å². The van der Waals surface area contributed by atoms with Gasteiger partial charge in [0.05, 0.1) is 12.0 Å². The van der Waals surface area contributed by atoms with Gasteiger partial charge in [0.2, 0.25) is 0 Å². The fourth-order valence-corrected chi connectivity index (χ4v) is 7.14. The predicted molar refractivity (Wildman–Crippen MR) is 103 cm³/mol. The van der Waals surface area contributed by atoms with Gasteiger partial charge in [-0.2, -0.15) is 0 Å². The summed E-state index contributed by atoms with van der Waals surface area (Å²) in [5.41, 5.74) is -1.29. The van der Waals surface area contributed by atoms with E-state index in [1.54, 1.807) is 0 Å². The molecular weight excluding hydrogens is 356 g/mol. The Morgan fingerprint density at radius 3 is 2.57 bits per heavy atom. The molecule has 5 aliphatic rings. The number of ketones is 1. The number of carbonyl (C=O) groups excluding carboxylic acids is 1. The summed E-state index contributed by atoms with van der Waals surface area (Å²) in [6.45, 7) is 12.3. The summed E-state index contributed by atoms with van der Waals surface area (Å²) in [6.07, 6.45) is 2.85. The van der Waals surface area contributed by atoms with Crippen molar-refractivity contribution in [1.29, 1.82) is 0 Å². The van der Waals surface area contributed by atoms with Gasteiger partial charge in [-0.25, -0.2) is 0 Å². The van der Waals surface area contributed by atoms with E-state index in [4.69, 9.17) is 9.47 Å². The van der Waals surface area contributed by atoms with Crippen molar-refractivity contribution in [3.63, 3.8) is 0 Å². The Hall–Kier alpha value is -1.01. The third kappa shape index (κ3) is 1.95. The minimum Gasteiger partial charge on any atom is -0.386 e. The maximum atomic E-state index is 14.1. The van der Waals surface area contributed by atoms with Crippen molar-refractivity contribution in [2.45, 2.75) is 71.6 Å². The van der Waals surface area contributed by atoms with E-state index in [0.717, 1.165) is 12.0 Å². The normalized spacial score (nSPS) is 53.1. The third-order valence-corrected chi connectivity index (χ3v) is 8.71. The van der Waals surface area contributed by atoms with Gasteiger partial charge >= 0.3 is 0 Å². The van der Waals surface area contributed by atoms with E-state index >= 15 is 0 Å². The van der Waals surface area contributed by atoms with Crippen molar-refractivity contribution in [1.82, 2.24) is 0 Å². The zero-order valence-corrected chi connectivity index (χ0v) is 17.7. The van der Waals surface area contributed by atoms with Crippen LogP contribution in [0, 0.1) is 34.5 Å². The average Bonchev–Trinajstić information content (AvgIpc) is 3.10. The number of rotatable bonds is 0. The Balaban J connectivity index is 1.77. The van der Waals surface area contributed by atoms with E-state index in [2.05, 4.69) is 20.8 Å². The standard InChI is InChI=1S/C23H32O5/c1-11-9-22-12(2)7-15-16(20(15,3)4)14(18(22)25)8-13-10-27-21(5,6)28-19(13)23(22,26)17(11)24/h8-9,12,14-17,19,24,26H,7,10H2,1-6H3/t12-,14+,15-,16+,17+,19-,22+,23?/m1/s1. The molecule has 1 unspecified atom stereocenters. The number of hydrogen-bond acceptors (Lipinski definition) is 5. The quantitative estimate of drug-likeness (QED) is 0.624. The van der Waals surface area contributed by atoms with Crippen molar-refractivity contribution in [2.75, 3.05) is 6.61 Å². The minimum absolute atomic E-state index is 0.0415. The number of hydrogen-bond donors (Lipinski definition) is 2. The van der Waals surface area contributed by atoms with Gasteiger partial charge < -0.3 is 19.7 Å². The first-order valence-corrected chi connectivity index (χ1v) is 10.5. The van der Waals surface area contributed by atoms with Crippen LogP contribution in [-0.2, 0) is 14.3 Å². The fraction of sp³-hybridized carbons (Fsp3) is 0.783. The molecule has 1 heterocycles. The van der Waals surface area contributed by atoms with Gasteiger partial charge in [-0.05, 0) is 61.5 Å². The SMILES string of the molecule is CC1=C[C@]23C(=O)[C@@H](C=C4COC(C)(C)O[C@H]4C2(O)[C@H]1O)[C@H]1[C@@H](C[C@H]3C)C1(C)C. The molecule has 1 aliphatic heterocycles. The largest absolute Gasteiger partial charge is 0.386 e. The van der Waals surface area contributed by atoms with Gasteiger partial charge in [0.1, 0.15) is 17.8 Å². The summed E-state index contributed by atoms with van der Waals surface area (Å²) >= 11 is 0. The van der Waals surface area contributed by atoms with E-state index < -0.39 is 29.0 Å². The van der Waals surface area contributed by atoms with Gasteiger partial charge in [0.25, 0.3) is 0 Å². The van der Waals surface area contributed by atoms with E-state index in [9.17, 15) is 15.0 Å². The van der Waals surface area contributed by atoms with Crippen LogP contribution in [0.4, 0.5) is 0 Å². The first-order chi connectivity index (χ1) is 12.9. The summed E-state index contributed by atoms with van der Waals surface area (Å²) in [4.78, 5) is 14.1. The molecule has 1 spiro atoms. The molecular formula is C23H32O5. The van der Waals surface area contributed by atoms with Crippen LogP contribution in [0.3, 0.4) is 0 Å². The topological polar surface area (TPSA) is 76.0 Å². The van der Waals surface area contributed by atoms with Crippen LogP contribution in [0.5, 0.6) is 0 Å². The summed E-state index contributed by atoms with van der Waals surface area (Å²) in [7, 11) is 0. The highest BCUT2D eigenvalue weighted by Crippen LogP contribution is 2.72. The summed E-state index contributed by atoms with van der Waals surface area (Å²) in [5.74, 6) is -0.504. The summed E-state index contributed by atoms with van der Waals surface area (Å²) < 4.78 is 12.1. The van der Waals surface area contributed by atoms with Crippen LogP contribution in [0.1, 0.15) is 48.0 Å². The highest BCUT2D eigenvalue weighted by Gasteiger charge is 2.76. The molecule has 0 aromatic rings. The molecule has 0 radical (unpaired) electrons. The Morgan fingerprint density at radius 1 is 1.21 bits per heavy atom. The monoisotopic (exact) mass is 388 g/mol. The molecule has 8 atom stereocenters. The van der Waals surface area contributed by atoms with Gasteiger partial charge in [-0.3, -0.25) is 4.79 Å². The Bertz CT molecular complexity index is 823. The highest BCUT2D eigenvalue weighted by molar-refractivity contribution is 5.95. The lowest BCUT2D eigenvalue weighted by Gasteiger charge is -2.52. The van der Waals surface area contributed by atoms with Crippen molar-refractivity contribution in [2.24, 2.45) is 34.5 Å². The molecule has 154 valence electrons. The summed E-state index contributed by atoms with van der Waals surface area (Å²) in [5, 5.41) is 23.4. The Labute approximate surface area is 166 Å². The van der Waals surface area contributed by atoms with Gasteiger partial charge in [0, 0.05) is 5.92 Å². The molecule has 28 heavy (non-hydrogen) atoms. The highest BCUT2D eigenvalue weighted by atomic mass is 16.7. The molecule has 0 amide bonds. The smallest absolute Gasteiger partial charge is 0.164 e. The van der Waals surface area contributed by atoms with Crippen LogP contribution < -0.4 is 0 Å². The Morgan fingerprint density at radius 2 is 1.89 bits per heavy atom. The molecule has 1 saturated heterocycles. The van der Waals surface area contributed by atoms with Gasteiger partial charge in [-0.1, -0.05) is 32.9 Å². The van der Waals surface area contributed by atoms with Crippen molar-refractivity contribution in [3.8, 4) is 0 Å². The number of Topliss-reactive ketones (excluding diaryl/α,β-unsaturated/α-hetero) is 1. The second kappa shape index (κ2) is 5.18. The van der Waals surface area contributed by atoms with Crippen LogP contribution in [0.25, 0.3) is 0 Å². The molecule has 2 N–H and O–H groups in total. The molecule has 2 bridgehead atoms. The van der Waals surface area contributed by atoms with E-state index in [0.29, 0.717) is 18.1 Å². The van der Waals surface area contributed by atoms with Crippen LogP contribution in [-0.4, -0.2) is 46.2 Å². The number of fused-ring (bicyclic) bond motifs is 5. The molecule has 0 aromatic heterocycles. The maximum Gasteiger partial charge on any atom is 0.164 e.